The summed E-state index contributed by atoms with van der Waals surface area (Å²) in [5.41, 5.74) is -1.09. The van der Waals surface area contributed by atoms with Gasteiger partial charge in [-0.05, 0) is 44.7 Å². The number of aliphatic hydroxyl groups is 1. The molecule has 1 heterocycles. The molecule has 0 radical (unpaired) electrons. The Morgan fingerprint density at radius 2 is 2.32 bits per heavy atom. The quantitative estimate of drug-likeness (QED) is 0.578. The van der Waals surface area contributed by atoms with E-state index in [4.69, 9.17) is 4.42 Å². The van der Waals surface area contributed by atoms with Gasteiger partial charge < -0.3 is 20.2 Å². The minimum absolute atomic E-state index is 0.262. The van der Waals surface area contributed by atoms with Crippen LogP contribution in [0.5, 0.6) is 0 Å². The van der Waals surface area contributed by atoms with E-state index in [0.717, 1.165) is 18.4 Å². The summed E-state index contributed by atoms with van der Waals surface area (Å²) >= 11 is 0. The Morgan fingerprint density at radius 3 is 2.95 bits per heavy atom. The van der Waals surface area contributed by atoms with E-state index >= 15 is 0 Å². The Hall–Kier alpha value is -1.49. The number of aliphatic imine (C=N–C) groups is 1. The molecule has 3 atom stereocenters. The largest absolute Gasteiger partial charge is 0.466 e. The molecule has 1 aromatic heterocycles. The van der Waals surface area contributed by atoms with Crippen molar-refractivity contribution < 1.29 is 9.52 Å². The third-order valence-corrected chi connectivity index (χ3v) is 4.22. The Bertz CT molecular complexity index is 468. The number of nitrogens with one attached hydrogen (secondary N) is 2. The molecule has 1 aliphatic carbocycles. The van der Waals surface area contributed by atoms with E-state index < -0.39 is 5.60 Å². The van der Waals surface area contributed by atoms with E-state index in [-0.39, 0.29) is 6.54 Å². The van der Waals surface area contributed by atoms with Crippen molar-refractivity contribution in [2.45, 2.75) is 58.1 Å². The lowest BCUT2D eigenvalue weighted by Gasteiger charge is -2.29. The van der Waals surface area contributed by atoms with Crippen LogP contribution in [0, 0.1) is 5.92 Å². The van der Waals surface area contributed by atoms with Crippen molar-refractivity contribution in [2.24, 2.45) is 10.9 Å². The maximum atomic E-state index is 10.5. The first-order chi connectivity index (χ1) is 10.5. The first kappa shape index (κ1) is 16.9. The molecule has 0 bridgehead atoms. The minimum atomic E-state index is -1.09. The Morgan fingerprint density at radius 1 is 1.50 bits per heavy atom. The van der Waals surface area contributed by atoms with Crippen LogP contribution in [-0.2, 0) is 5.60 Å². The van der Waals surface area contributed by atoms with Gasteiger partial charge in [0.1, 0.15) is 11.4 Å². The first-order valence-electron chi connectivity index (χ1n) is 8.32. The number of hydrogen-bond acceptors (Lipinski definition) is 3. The van der Waals surface area contributed by atoms with Gasteiger partial charge in [0.25, 0.3) is 0 Å². The van der Waals surface area contributed by atoms with Crippen LogP contribution in [0.15, 0.2) is 27.8 Å². The molecular formula is C17H29N3O2. The maximum Gasteiger partial charge on any atom is 0.191 e. The highest BCUT2D eigenvalue weighted by atomic mass is 16.4. The number of hydrogen-bond donors (Lipinski definition) is 3. The zero-order valence-corrected chi connectivity index (χ0v) is 13.9. The van der Waals surface area contributed by atoms with Gasteiger partial charge in [0, 0.05) is 12.6 Å². The summed E-state index contributed by atoms with van der Waals surface area (Å²) in [6, 6.07) is 4.02. The smallest absolute Gasteiger partial charge is 0.191 e. The molecule has 0 saturated heterocycles. The van der Waals surface area contributed by atoms with Crippen LogP contribution in [0.4, 0.5) is 0 Å². The summed E-state index contributed by atoms with van der Waals surface area (Å²) in [6.07, 6.45) is 6.52. The van der Waals surface area contributed by atoms with Gasteiger partial charge in [-0.15, -0.1) is 0 Å². The average Bonchev–Trinajstić information content (AvgIpc) is 3.00. The molecule has 2 rings (SSSR count). The van der Waals surface area contributed by atoms with E-state index in [2.05, 4.69) is 22.5 Å². The highest BCUT2D eigenvalue weighted by Crippen LogP contribution is 2.24. The molecular weight excluding hydrogens is 278 g/mol. The monoisotopic (exact) mass is 307 g/mol. The maximum absolute atomic E-state index is 10.5. The standard InChI is InChI=1S/C17H29N3O2/c1-4-18-16(20-14-8-5-7-13(2)11-14)19-12-17(3,21)15-9-6-10-22-15/h6,9-10,13-14,21H,4-5,7-8,11-12H2,1-3H3,(H2,18,19,20). The third kappa shape index (κ3) is 4.77. The summed E-state index contributed by atoms with van der Waals surface area (Å²) in [5.74, 6) is 2.08. The highest BCUT2D eigenvalue weighted by Gasteiger charge is 2.26. The van der Waals surface area contributed by atoms with Gasteiger partial charge in [-0.2, -0.15) is 0 Å². The number of nitrogens with zero attached hydrogens (tertiary/aromatic N) is 1. The van der Waals surface area contributed by atoms with Crippen LogP contribution in [0.25, 0.3) is 0 Å². The van der Waals surface area contributed by atoms with Gasteiger partial charge in [0.05, 0.1) is 12.8 Å². The predicted molar refractivity (Wildman–Crippen MR) is 88.8 cm³/mol. The van der Waals surface area contributed by atoms with Crippen LogP contribution in [0.3, 0.4) is 0 Å². The fourth-order valence-electron chi connectivity index (χ4n) is 2.97. The van der Waals surface area contributed by atoms with Crippen molar-refractivity contribution in [3.05, 3.63) is 24.2 Å². The van der Waals surface area contributed by atoms with Crippen LogP contribution in [0.2, 0.25) is 0 Å². The van der Waals surface area contributed by atoms with Crippen LogP contribution >= 0.6 is 0 Å². The molecule has 1 saturated carbocycles. The minimum Gasteiger partial charge on any atom is -0.466 e. The van der Waals surface area contributed by atoms with Crippen molar-refractivity contribution in [2.75, 3.05) is 13.1 Å². The van der Waals surface area contributed by atoms with Crippen molar-refractivity contribution in [3.8, 4) is 0 Å². The van der Waals surface area contributed by atoms with Gasteiger partial charge in [-0.25, -0.2) is 4.99 Å². The topological polar surface area (TPSA) is 69.8 Å². The summed E-state index contributed by atoms with van der Waals surface area (Å²) in [5, 5.41) is 17.2. The number of furan rings is 1. The number of rotatable bonds is 5. The second-order valence-electron chi connectivity index (χ2n) is 6.56. The zero-order valence-electron chi connectivity index (χ0n) is 13.9. The second-order valence-corrected chi connectivity index (χ2v) is 6.56. The predicted octanol–water partition coefficient (Wildman–Crippen LogP) is 2.62. The molecule has 1 fully saturated rings. The van der Waals surface area contributed by atoms with Crippen molar-refractivity contribution in [3.63, 3.8) is 0 Å². The molecule has 124 valence electrons. The van der Waals surface area contributed by atoms with Gasteiger partial charge in [-0.3, -0.25) is 0 Å². The molecule has 3 N–H and O–H groups in total. The van der Waals surface area contributed by atoms with Gasteiger partial charge >= 0.3 is 0 Å². The second kappa shape index (κ2) is 7.68. The molecule has 3 unspecified atom stereocenters. The molecule has 1 aromatic rings. The fourth-order valence-corrected chi connectivity index (χ4v) is 2.97. The molecule has 22 heavy (non-hydrogen) atoms. The zero-order chi connectivity index (χ0) is 16.0. The summed E-state index contributed by atoms with van der Waals surface area (Å²) in [4.78, 5) is 4.54. The molecule has 1 aliphatic rings. The van der Waals surface area contributed by atoms with Crippen LogP contribution < -0.4 is 10.6 Å². The van der Waals surface area contributed by atoms with Crippen molar-refractivity contribution in [1.82, 2.24) is 10.6 Å². The lowest BCUT2D eigenvalue weighted by molar-refractivity contribution is 0.0436. The van der Waals surface area contributed by atoms with E-state index in [1.54, 1.807) is 25.3 Å². The van der Waals surface area contributed by atoms with Gasteiger partial charge in [-0.1, -0.05) is 19.8 Å². The molecule has 0 amide bonds. The Balaban J connectivity index is 1.97. The van der Waals surface area contributed by atoms with Crippen molar-refractivity contribution >= 4 is 5.96 Å². The van der Waals surface area contributed by atoms with E-state index in [9.17, 15) is 5.11 Å². The van der Waals surface area contributed by atoms with Crippen molar-refractivity contribution in [1.29, 1.82) is 0 Å². The lowest BCUT2D eigenvalue weighted by atomic mass is 9.87. The molecule has 0 aromatic carbocycles. The van der Waals surface area contributed by atoms with E-state index in [0.29, 0.717) is 11.8 Å². The summed E-state index contributed by atoms with van der Waals surface area (Å²) < 4.78 is 5.29. The average molecular weight is 307 g/mol. The summed E-state index contributed by atoms with van der Waals surface area (Å²) in [7, 11) is 0. The third-order valence-electron chi connectivity index (χ3n) is 4.22. The van der Waals surface area contributed by atoms with E-state index in [1.165, 1.54) is 25.7 Å². The van der Waals surface area contributed by atoms with Crippen LogP contribution in [0.1, 0.15) is 52.2 Å². The Kier molecular flexibility index (Phi) is 5.89. The highest BCUT2D eigenvalue weighted by molar-refractivity contribution is 5.80. The SMILES string of the molecule is CCNC(=NCC(C)(O)c1ccco1)NC1CCCC(C)C1. The summed E-state index contributed by atoms with van der Waals surface area (Å²) in [6.45, 7) is 7.14. The first-order valence-corrected chi connectivity index (χ1v) is 8.32. The molecule has 0 aliphatic heterocycles. The molecule has 5 heteroatoms. The fraction of sp³-hybridized carbons (Fsp3) is 0.706. The van der Waals surface area contributed by atoms with Gasteiger partial charge in [0.15, 0.2) is 5.96 Å². The number of guanidine groups is 1. The van der Waals surface area contributed by atoms with Gasteiger partial charge in [0.2, 0.25) is 0 Å². The molecule has 0 spiro atoms. The van der Waals surface area contributed by atoms with Crippen LogP contribution in [-0.4, -0.2) is 30.2 Å². The molecule has 5 nitrogen and oxygen atoms in total. The van der Waals surface area contributed by atoms with E-state index in [1.807, 2.05) is 6.92 Å². The lowest BCUT2D eigenvalue weighted by Crippen LogP contribution is -2.45. The Labute approximate surface area is 133 Å². The normalized spacial score (nSPS) is 25.5.